The number of methoxy groups -OCH3 is 1. The SMILES string of the molecule is COc1cccc(-c2nn(-c3ccccc3)cc2C(=O)Nc2cccc(CN3C(=O)CNC3=O)c2)c1. The first-order valence-corrected chi connectivity index (χ1v) is 11.3. The maximum Gasteiger partial charge on any atom is 0.324 e. The third-order valence-corrected chi connectivity index (χ3v) is 5.79. The lowest BCUT2D eigenvalue weighted by atomic mass is 10.1. The summed E-state index contributed by atoms with van der Waals surface area (Å²) in [6.45, 7) is 0.114. The van der Waals surface area contributed by atoms with Gasteiger partial charge in [-0.1, -0.05) is 42.5 Å². The molecule has 9 heteroatoms. The Balaban J connectivity index is 1.45. The first-order chi connectivity index (χ1) is 17.5. The average Bonchev–Trinajstić information content (AvgIpc) is 3.49. The van der Waals surface area contributed by atoms with Gasteiger partial charge >= 0.3 is 6.03 Å². The van der Waals surface area contributed by atoms with Crippen LogP contribution in [0.3, 0.4) is 0 Å². The zero-order valence-corrected chi connectivity index (χ0v) is 19.5. The van der Waals surface area contributed by atoms with E-state index in [4.69, 9.17) is 9.84 Å². The van der Waals surface area contributed by atoms with Crippen LogP contribution in [0.1, 0.15) is 15.9 Å². The van der Waals surface area contributed by atoms with Crippen molar-refractivity contribution in [2.45, 2.75) is 6.54 Å². The van der Waals surface area contributed by atoms with Crippen molar-refractivity contribution >= 4 is 23.5 Å². The van der Waals surface area contributed by atoms with Crippen LogP contribution in [0.4, 0.5) is 10.5 Å². The maximum absolute atomic E-state index is 13.4. The first-order valence-electron chi connectivity index (χ1n) is 11.3. The number of carbonyl (C=O) groups is 3. The lowest BCUT2D eigenvalue weighted by Crippen LogP contribution is -2.30. The van der Waals surface area contributed by atoms with Crippen LogP contribution in [0.5, 0.6) is 5.75 Å². The van der Waals surface area contributed by atoms with Crippen LogP contribution in [0.15, 0.2) is 85.1 Å². The molecule has 9 nitrogen and oxygen atoms in total. The van der Waals surface area contributed by atoms with Gasteiger partial charge in [0.2, 0.25) is 5.91 Å². The summed E-state index contributed by atoms with van der Waals surface area (Å²) in [5, 5.41) is 10.1. The fourth-order valence-corrected chi connectivity index (χ4v) is 3.98. The summed E-state index contributed by atoms with van der Waals surface area (Å²) in [4.78, 5) is 38.4. The summed E-state index contributed by atoms with van der Waals surface area (Å²) in [5.74, 6) is 0.0224. The van der Waals surface area contributed by atoms with E-state index in [2.05, 4.69) is 10.6 Å². The molecule has 0 atom stereocenters. The molecular formula is C27H23N5O4. The van der Waals surface area contributed by atoms with Crippen LogP contribution in [0.2, 0.25) is 0 Å². The van der Waals surface area contributed by atoms with Crippen LogP contribution in [0.25, 0.3) is 16.9 Å². The third-order valence-electron chi connectivity index (χ3n) is 5.79. The molecule has 0 spiro atoms. The van der Waals surface area contributed by atoms with E-state index in [1.54, 1.807) is 42.3 Å². The molecule has 0 aliphatic carbocycles. The predicted octanol–water partition coefficient (Wildman–Crippen LogP) is 3.85. The molecule has 1 saturated heterocycles. The molecule has 5 rings (SSSR count). The fourth-order valence-electron chi connectivity index (χ4n) is 3.98. The summed E-state index contributed by atoms with van der Waals surface area (Å²) >= 11 is 0. The van der Waals surface area contributed by atoms with Crippen LogP contribution >= 0.6 is 0 Å². The molecule has 1 aromatic heterocycles. The summed E-state index contributed by atoms with van der Waals surface area (Å²) in [6, 6.07) is 23.5. The topological polar surface area (TPSA) is 106 Å². The Labute approximate surface area is 207 Å². The molecule has 1 aliphatic heterocycles. The monoisotopic (exact) mass is 481 g/mol. The van der Waals surface area contributed by atoms with Crippen LogP contribution in [0, 0.1) is 0 Å². The van der Waals surface area contributed by atoms with Crippen molar-refractivity contribution in [3.05, 3.63) is 96.2 Å². The summed E-state index contributed by atoms with van der Waals surface area (Å²) in [7, 11) is 1.58. The van der Waals surface area contributed by atoms with Crippen LogP contribution in [-0.2, 0) is 11.3 Å². The second-order valence-corrected chi connectivity index (χ2v) is 8.20. The number of para-hydroxylation sites is 1. The number of rotatable bonds is 7. The Morgan fingerprint density at radius 1 is 1.03 bits per heavy atom. The Bertz CT molecular complexity index is 1430. The molecule has 0 saturated carbocycles. The molecule has 1 aliphatic rings. The van der Waals surface area contributed by atoms with Crippen molar-refractivity contribution in [1.82, 2.24) is 20.0 Å². The quantitative estimate of drug-likeness (QED) is 0.390. The van der Waals surface area contributed by atoms with Crippen LogP contribution < -0.4 is 15.4 Å². The van der Waals surface area contributed by atoms with Crippen molar-refractivity contribution < 1.29 is 19.1 Å². The van der Waals surface area contributed by atoms with Gasteiger partial charge in [-0.2, -0.15) is 5.10 Å². The summed E-state index contributed by atoms with van der Waals surface area (Å²) in [6.07, 6.45) is 1.69. The Morgan fingerprint density at radius 2 is 1.83 bits per heavy atom. The van der Waals surface area contributed by atoms with Gasteiger partial charge in [0.05, 0.1) is 31.5 Å². The number of nitrogens with zero attached hydrogens (tertiary/aromatic N) is 3. The molecule has 2 N–H and O–H groups in total. The van der Waals surface area contributed by atoms with E-state index in [1.807, 2.05) is 54.6 Å². The zero-order chi connectivity index (χ0) is 25.1. The first kappa shape index (κ1) is 22.9. The minimum atomic E-state index is -0.425. The standard InChI is InChI=1S/C27H23N5O4/c1-36-22-12-6-8-19(14-22)25-23(17-32(30-25)21-10-3-2-4-11-21)26(34)29-20-9-5-7-18(13-20)16-31-24(33)15-28-27(31)35/h2-14,17H,15-16H2,1H3,(H,28,35)(H,29,34). The third kappa shape index (κ3) is 4.67. The minimum absolute atomic E-state index is 0.00624. The minimum Gasteiger partial charge on any atom is -0.497 e. The zero-order valence-electron chi connectivity index (χ0n) is 19.5. The molecule has 0 unspecified atom stereocenters. The second kappa shape index (κ2) is 9.75. The number of urea groups is 1. The number of benzene rings is 3. The molecule has 3 aromatic carbocycles. The van der Waals surface area contributed by atoms with Crippen molar-refractivity contribution in [3.63, 3.8) is 0 Å². The number of anilines is 1. The highest BCUT2D eigenvalue weighted by molar-refractivity contribution is 6.08. The van der Waals surface area contributed by atoms with Gasteiger partial charge in [0.25, 0.3) is 5.91 Å². The van der Waals surface area contributed by atoms with Gasteiger partial charge in [-0.3, -0.25) is 14.5 Å². The highest BCUT2D eigenvalue weighted by Crippen LogP contribution is 2.28. The van der Waals surface area contributed by atoms with E-state index in [0.717, 1.165) is 16.2 Å². The smallest absolute Gasteiger partial charge is 0.324 e. The highest BCUT2D eigenvalue weighted by Gasteiger charge is 2.28. The van der Waals surface area contributed by atoms with Crippen LogP contribution in [-0.4, -0.2) is 46.2 Å². The van der Waals surface area contributed by atoms with E-state index < -0.39 is 6.03 Å². The lowest BCUT2D eigenvalue weighted by molar-refractivity contribution is -0.125. The molecule has 180 valence electrons. The molecular weight excluding hydrogens is 458 g/mol. The van der Waals surface area contributed by atoms with Gasteiger partial charge in [0, 0.05) is 17.4 Å². The largest absolute Gasteiger partial charge is 0.497 e. The number of carbonyl (C=O) groups excluding carboxylic acids is 3. The molecule has 4 amide bonds. The van der Waals surface area contributed by atoms with Gasteiger partial charge in [-0.05, 0) is 42.0 Å². The number of hydrogen-bond acceptors (Lipinski definition) is 5. The van der Waals surface area contributed by atoms with Crippen molar-refractivity contribution in [1.29, 1.82) is 0 Å². The normalized spacial score (nSPS) is 13.0. The predicted molar refractivity (Wildman–Crippen MR) is 134 cm³/mol. The van der Waals surface area contributed by atoms with Gasteiger partial charge in [-0.15, -0.1) is 0 Å². The number of hydrogen-bond donors (Lipinski definition) is 2. The number of imide groups is 1. The van der Waals surface area contributed by atoms with E-state index in [-0.39, 0.29) is 24.9 Å². The van der Waals surface area contributed by atoms with Crippen molar-refractivity contribution in [3.8, 4) is 22.7 Å². The Morgan fingerprint density at radius 3 is 2.58 bits per heavy atom. The number of amides is 4. The van der Waals surface area contributed by atoms with Gasteiger partial charge in [-0.25, -0.2) is 9.48 Å². The second-order valence-electron chi connectivity index (χ2n) is 8.20. The van der Waals surface area contributed by atoms with E-state index in [0.29, 0.717) is 28.3 Å². The number of aromatic nitrogens is 2. The van der Waals surface area contributed by atoms with Gasteiger partial charge < -0.3 is 15.4 Å². The average molecular weight is 482 g/mol. The fraction of sp³-hybridized carbons (Fsp3) is 0.111. The van der Waals surface area contributed by atoms with Crippen molar-refractivity contribution in [2.24, 2.45) is 0 Å². The van der Waals surface area contributed by atoms with E-state index >= 15 is 0 Å². The van der Waals surface area contributed by atoms with E-state index in [9.17, 15) is 14.4 Å². The van der Waals surface area contributed by atoms with E-state index in [1.165, 1.54) is 0 Å². The summed E-state index contributed by atoms with van der Waals surface area (Å²) in [5.41, 5.74) is 3.69. The van der Waals surface area contributed by atoms with Gasteiger partial charge in [0.1, 0.15) is 11.4 Å². The van der Waals surface area contributed by atoms with Crippen molar-refractivity contribution in [2.75, 3.05) is 19.0 Å². The molecule has 36 heavy (non-hydrogen) atoms. The molecule has 0 bridgehead atoms. The lowest BCUT2D eigenvalue weighted by Gasteiger charge is -2.13. The molecule has 4 aromatic rings. The Hall–Kier alpha value is -4.92. The molecule has 2 heterocycles. The highest BCUT2D eigenvalue weighted by atomic mass is 16.5. The van der Waals surface area contributed by atoms with Gasteiger partial charge in [0.15, 0.2) is 0 Å². The number of ether oxygens (including phenoxy) is 1. The molecule has 0 radical (unpaired) electrons. The Kier molecular flexibility index (Phi) is 6.19. The molecule has 1 fully saturated rings. The maximum atomic E-state index is 13.4. The summed E-state index contributed by atoms with van der Waals surface area (Å²) < 4.78 is 7.02. The number of nitrogens with one attached hydrogen (secondary N) is 2.